The lowest BCUT2D eigenvalue weighted by Crippen LogP contribution is -2.68. The van der Waals surface area contributed by atoms with Crippen LogP contribution in [0.1, 0.15) is 163 Å². The Labute approximate surface area is 582 Å². The second-order valence-corrected chi connectivity index (χ2v) is 33.8. The lowest BCUT2D eigenvalue weighted by molar-refractivity contribution is -0.158. The summed E-state index contributed by atoms with van der Waals surface area (Å²) in [6.45, 7) is 24.7. The molecule has 8 atom stereocenters. The first kappa shape index (κ1) is 74.6. The van der Waals surface area contributed by atoms with E-state index in [9.17, 15) is 43.5 Å². The number of carbonyl (C=O) groups is 8. The van der Waals surface area contributed by atoms with Gasteiger partial charge < -0.3 is 29.6 Å². The van der Waals surface area contributed by atoms with Gasteiger partial charge in [-0.25, -0.2) is 20.8 Å². The van der Waals surface area contributed by atoms with Gasteiger partial charge in [-0.3, -0.25) is 48.4 Å². The Balaban J connectivity index is 0.000000246. The molecule has 20 nitrogen and oxygen atoms in total. The molecule has 0 radical (unpaired) electrons. The van der Waals surface area contributed by atoms with Crippen molar-refractivity contribution >= 4 is 99.8 Å². The molecule has 2 fully saturated rings. The molecule has 2 saturated heterocycles. The summed E-state index contributed by atoms with van der Waals surface area (Å²) in [7, 11) is -3.15. The number of cyclic esters (lactones) is 2. The Hall–Kier alpha value is -8.60. The van der Waals surface area contributed by atoms with E-state index in [2.05, 4.69) is 66.5 Å². The number of hydrazine groups is 2. The minimum Gasteiger partial charge on any atom is -0.455 e. The molecule has 0 saturated carbocycles. The van der Waals surface area contributed by atoms with Crippen LogP contribution in [0.2, 0.25) is 5.04 Å². The molecule has 99 heavy (non-hydrogen) atoms. The number of aromatic nitrogens is 2. The summed E-state index contributed by atoms with van der Waals surface area (Å²) in [5.41, 5.74) is 8.63. The quantitative estimate of drug-likeness (QED) is 0.0701. The first-order valence-corrected chi connectivity index (χ1v) is 36.6. The molecule has 526 valence electrons. The number of aliphatic hydroxyl groups excluding tert-OH is 1. The van der Waals surface area contributed by atoms with Crippen molar-refractivity contribution in [3.8, 4) is 0 Å². The second-order valence-electron chi connectivity index (χ2n) is 29.5. The Morgan fingerprint density at radius 3 is 1.36 bits per heavy atom. The highest BCUT2D eigenvalue weighted by atomic mass is 28.4. The van der Waals surface area contributed by atoms with E-state index in [0.717, 1.165) is 43.3 Å². The molecule has 0 unspecified atom stereocenters. The monoisotopic (exact) mass is 1370 g/mol. The number of ketones is 2. The molecule has 6 aromatic rings. The summed E-state index contributed by atoms with van der Waals surface area (Å²) in [4.78, 5) is 120. The number of esters is 2. The third-order valence-corrected chi connectivity index (χ3v) is 24.6. The fourth-order valence-corrected chi connectivity index (χ4v) is 17.6. The van der Waals surface area contributed by atoms with Crippen LogP contribution in [0.3, 0.4) is 0 Å². The van der Waals surface area contributed by atoms with Crippen LogP contribution in [0.4, 0.5) is 0 Å². The van der Waals surface area contributed by atoms with Crippen LogP contribution in [0.5, 0.6) is 0 Å². The molecule has 2 aromatic heterocycles. The van der Waals surface area contributed by atoms with Crippen molar-refractivity contribution in [3.63, 3.8) is 0 Å². The van der Waals surface area contributed by atoms with Gasteiger partial charge in [0.05, 0.1) is 35.6 Å². The van der Waals surface area contributed by atoms with Crippen LogP contribution in [-0.2, 0) is 52.3 Å². The van der Waals surface area contributed by atoms with E-state index in [1.807, 2.05) is 177 Å². The molecule has 4 aliphatic heterocycles. The maximum atomic E-state index is 14.8. The lowest BCUT2D eigenvalue weighted by Gasteiger charge is -2.44. The van der Waals surface area contributed by atoms with E-state index >= 15 is 0 Å². The summed E-state index contributed by atoms with van der Waals surface area (Å²) in [6.07, 6.45) is 8.09. The number of rotatable bonds is 8. The Morgan fingerprint density at radius 1 is 0.576 bits per heavy atom. The van der Waals surface area contributed by atoms with Crippen molar-refractivity contribution in [1.29, 1.82) is 0 Å². The highest BCUT2D eigenvalue weighted by Gasteiger charge is 2.51. The highest BCUT2D eigenvalue weighted by molar-refractivity contribution is 6.99. The van der Waals surface area contributed by atoms with Gasteiger partial charge in [-0.05, 0) is 130 Å². The van der Waals surface area contributed by atoms with Crippen LogP contribution < -0.4 is 31.9 Å². The van der Waals surface area contributed by atoms with Crippen molar-refractivity contribution in [2.24, 2.45) is 34.5 Å². The maximum absolute atomic E-state index is 14.8. The normalized spacial score (nSPS) is 24.7. The molecule has 6 heterocycles. The zero-order valence-corrected chi connectivity index (χ0v) is 60.4. The summed E-state index contributed by atoms with van der Waals surface area (Å²) in [5, 5.41) is 21.9. The van der Waals surface area contributed by atoms with Gasteiger partial charge in [0.25, 0.3) is 20.1 Å². The summed E-state index contributed by atoms with van der Waals surface area (Å²) in [6, 6.07) is 35.5. The Bertz CT molecular complexity index is 3960. The summed E-state index contributed by atoms with van der Waals surface area (Å²) < 4.78 is 18.9. The molecule has 0 aliphatic carbocycles. The van der Waals surface area contributed by atoms with E-state index in [0.29, 0.717) is 50.2 Å². The van der Waals surface area contributed by atoms with Crippen LogP contribution in [0.25, 0.3) is 34.0 Å². The van der Waals surface area contributed by atoms with E-state index in [1.54, 1.807) is 13.8 Å². The van der Waals surface area contributed by atoms with Gasteiger partial charge in [0.15, 0.2) is 0 Å². The topological polar surface area (TPSA) is 265 Å². The van der Waals surface area contributed by atoms with Crippen LogP contribution in [-0.4, -0.2) is 131 Å². The van der Waals surface area contributed by atoms with Crippen molar-refractivity contribution in [2.75, 3.05) is 26.3 Å². The molecule has 21 heteroatoms. The molecular weight excluding hydrogens is 1270 g/mol. The van der Waals surface area contributed by atoms with Crippen molar-refractivity contribution in [1.82, 2.24) is 41.5 Å². The first-order valence-electron chi connectivity index (χ1n) is 34.7. The van der Waals surface area contributed by atoms with E-state index < -0.39 is 115 Å². The molecule has 0 spiro atoms. The third kappa shape index (κ3) is 17.7. The lowest BCUT2D eigenvalue weighted by atomic mass is 9.79. The molecule has 4 aliphatic rings. The number of nitrogens with zero attached hydrogens (tertiary/aromatic N) is 4. The van der Waals surface area contributed by atoms with Gasteiger partial charge in [-0.15, -0.1) is 0 Å². The first-order chi connectivity index (χ1) is 46.9. The van der Waals surface area contributed by atoms with Crippen molar-refractivity contribution < 1.29 is 57.4 Å². The van der Waals surface area contributed by atoms with Crippen LogP contribution >= 0.6 is 0 Å². The number of fused-ring (bicyclic) bond motifs is 8. The number of pyridine rings is 2. The molecule has 10 bridgehead atoms. The van der Waals surface area contributed by atoms with Crippen LogP contribution in [0, 0.1) is 34.5 Å². The zero-order valence-electron chi connectivity index (χ0n) is 59.4. The van der Waals surface area contributed by atoms with E-state index in [1.165, 1.54) is 10.0 Å². The predicted molar refractivity (Wildman–Crippen MR) is 384 cm³/mol. The zero-order chi connectivity index (χ0) is 71.7. The number of hydrogen-bond donors (Lipinski definition) is 5. The number of benzene rings is 4. The molecule has 10 rings (SSSR count). The minimum absolute atomic E-state index is 0.0201. The van der Waals surface area contributed by atoms with Crippen LogP contribution in [0.15, 0.2) is 133 Å². The van der Waals surface area contributed by atoms with Gasteiger partial charge in [0.2, 0.25) is 11.8 Å². The summed E-state index contributed by atoms with van der Waals surface area (Å²) >= 11 is 0. The average Bonchev–Trinajstić information content (AvgIpc) is 0.772. The second kappa shape index (κ2) is 31.7. The standard InChI is InChI=1S/C47H58N4O6Si.C31H40N4O6/c1-31(2)37-29-42(52)47(7,8)26-25-33-21-22-34-23-24-38(48-40(34)28-33)32(3)57-45(55)39-20-15-27-51(50-39)44(54)41(49-43(37)53)30-56-58(46(4,5)6,35-16-11-9-12-17-35)36-18-13-10-14-19-36;1-18(2)22-16-27(37)31(4,5)13-12-20-8-9-21-10-11-23(32-25(21)15-20)19(3)41-30(40)24-7-6-14-35(34-24)29(39)26(17-36)33-28(22)38/h9-14,16-19,21-26,28,31-32,37,39,41,50H,15,20,27,29-30H2,1-8H3,(H,49,53);8-13,15,18-19,22,24,26,34,36H,6-7,14,16-17H2,1-5H3,(H,33,38)/b26-25+;13-12+/t32-,37+,39+,41+;19-,22+,24+,26+/m11/s1. The average molecular weight is 1370 g/mol. The van der Waals surface area contributed by atoms with E-state index in [4.69, 9.17) is 23.9 Å². The van der Waals surface area contributed by atoms with Gasteiger partial charge in [-0.1, -0.05) is 170 Å². The fraction of sp³-hybridized carbons (Fsp3) is 0.462. The number of ether oxygens (including phenoxy) is 2. The SMILES string of the molecule is CC(C)[C@@H]1CC(=O)C(C)(C)/C=C/c2ccc3ccc(nc3c2)[C@@H](C)OC(=O)[C@@H]2CCCN(N2)C(=O)[C@H](CO)NC1=O.CC(C)[C@@H]1CC(=O)C(C)(C)/C=C/c2ccc3ccc(nc3c2)[C@@H](C)OC(=O)[C@@H]2CCCN(N2)C(=O)[C@H](CO[Si](c2ccccc2)(c2ccccc2)C(C)(C)C)NC1=O. The number of amides is 4. The summed E-state index contributed by atoms with van der Waals surface area (Å²) in [5.74, 6) is -4.96. The fourth-order valence-electron chi connectivity index (χ4n) is 13.1. The van der Waals surface area contributed by atoms with E-state index in [-0.39, 0.29) is 42.9 Å². The number of aliphatic hydroxyl groups is 1. The van der Waals surface area contributed by atoms with Gasteiger partial charge in [0, 0.05) is 59.4 Å². The Morgan fingerprint density at radius 2 is 0.970 bits per heavy atom. The van der Waals surface area contributed by atoms with Gasteiger partial charge in [-0.2, -0.15) is 0 Å². The molecule has 4 amide bonds. The van der Waals surface area contributed by atoms with Crippen molar-refractivity contribution in [3.05, 3.63) is 156 Å². The van der Waals surface area contributed by atoms with Crippen molar-refractivity contribution in [2.45, 2.75) is 170 Å². The predicted octanol–water partition coefficient (Wildman–Crippen LogP) is 9.78. The molecule has 5 N–H and O–H groups in total. The number of hydrogen-bond acceptors (Lipinski definition) is 16. The Kier molecular flexibility index (Phi) is 23.9. The molecular formula is C78H98N8O12Si. The number of nitrogens with one attached hydrogen (secondary N) is 4. The molecule has 4 aromatic carbocycles. The highest BCUT2D eigenvalue weighted by Crippen LogP contribution is 2.38. The largest absolute Gasteiger partial charge is 0.455 e. The number of carbonyl (C=O) groups excluding carboxylic acids is 8. The van der Waals surface area contributed by atoms with Gasteiger partial charge in [0.1, 0.15) is 47.9 Å². The maximum Gasteiger partial charge on any atom is 0.325 e. The number of Topliss-reactive ketones (excluding diaryl/α,β-unsaturated/α-hetero) is 2. The minimum atomic E-state index is -3.15. The number of allylic oxidation sites excluding steroid dienone is 2. The van der Waals surface area contributed by atoms with Gasteiger partial charge >= 0.3 is 11.9 Å². The third-order valence-electron chi connectivity index (χ3n) is 19.6. The smallest absolute Gasteiger partial charge is 0.325 e.